The highest BCUT2D eigenvalue weighted by molar-refractivity contribution is 5.00. The minimum Gasteiger partial charge on any atom is -0.394 e. The van der Waals surface area contributed by atoms with Gasteiger partial charge in [0.2, 0.25) is 0 Å². The number of unbranched alkanes of at least 4 members (excludes halogenated alkanes) is 13. The van der Waals surface area contributed by atoms with Gasteiger partial charge in [-0.05, 0) is 43.9 Å². The summed E-state index contributed by atoms with van der Waals surface area (Å²) in [6.07, 6.45) is 23.1. The number of allylic oxidation sites excluding steroid dienone is 1. The van der Waals surface area contributed by atoms with E-state index >= 15 is 0 Å². The van der Waals surface area contributed by atoms with Gasteiger partial charge in [0.05, 0.1) is 12.7 Å². The van der Waals surface area contributed by atoms with Crippen LogP contribution in [0.3, 0.4) is 0 Å². The largest absolute Gasteiger partial charge is 0.394 e. The molecule has 0 aliphatic carbocycles. The number of aliphatic hydroxyl groups excluding tert-OH is 3. The normalized spacial score (nSPS) is 23.7. The molecule has 1 fully saturated rings. The van der Waals surface area contributed by atoms with Crippen LogP contribution in [-0.2, 0) is 4.74 Å². The van der Waals surface area contributed by atoms with Gasteiger partial charge < -0.3 is 20.1 Å². The monoisotopic (exact) mass is 510 g/mol. The second-order valence-electron chi connectivity index (χ2n) is 11.7. The Labute approximate surface area is 224 Å². The Kier molecular flexibility index (Phi) is 20.1. The lowest BCUT2D eigenvalue weighted by molar-refractivity contribution is -0.0417. The highest BCUT2D eigenvalue weighted by atomic mass is 16.6. The summed E-state index contributed by atoms with van der Waals surface area (Å²) in [5.74, 6) is 0.883. The molecule has 0 saturated carbocycles. The number of hydrogen-bond acceptors (Lipinski definition) is 4. The van der Waals surface area contributed by atoms with Crippen LogP contribution in [0.25, 0.3) is 0 Å². The summed E-state index contributed by atoms with van der Waals surface area (Å²) in [7, 11) is 0. The van der Waals surface area contributed by atoms with Gasteiger partial charge in [0.25, 0.3) is 0 Å². The molecule has 4 heteroatoms. The van der Waals surface area contributed by atoms with Gasteiger partial charge in [-0.25, -0.2) is 0 Å². The van der Waals surface area contributed by atoms with Crippen LogP contribution in [0.1, 0.15) is 149 Å². The molecular formula is C32H62O4. The molecule has 1 saturated heterocycles. The van der Waals surface area contributed by atoms with Crippen molar-refractivity contribution in [3.8, 4) is 0 Å². The predicted molar refractivity (Wildman–Crippen MR) is 153 cm³/mol. The first-order valence-electron chi connectivity index (χ1n) is 15.8. The smallest absolute Gasteiger partial charge is 0.111 e. The molecule has 1 heterocycles. The van der Waals surface area contributed by atoms with E-state index in [2.05, 4.69) is 27.4 Å². The van der Waals surface area contributed by atoms with E-state index in [0.29, 0.717) is 5.92 Å². The fourth-order valence-corrected chi connectivity index (χ4v) is 5.83. The minimum absolute atomic E-state index is 0.184. The Balaban J connectivity index is 2.30. The van der Waals surface area contributed by atoms with Crippen molar-refractivity contribution in [1.82, 2.24) is 0 Å². The van der Waals surface area contributed by atoms with E-state index < -0.39 is 18.3 Å². The Bertz CT molecular complexity index is 522. The first-order chi connectivity index (χ1) is 17.5. The van der Waals surface area contributed by atoms with Gasteiger partial charge in [0.15, 0.2) is 0 Å². The average molecular weight is 511 g/mol. The third kappa shape index (κ3) is 13.9. The van der Waals surface area contributed by atoms with Crippen molar-refractivity contribution in [1.29, 1.82) is 0 Å². The first-order valence-corrected chi connectivity index (χ1v) is 15.8. The van der Waals surface area contributed by atoms with E-state index in [1.807, 2.05) is 0 Å². The molecular weight excluding hydrogens is 448 g/mol. The van der Waals surface area contributed by atoms with Gasteiger partial charge in [-0.15, -0.1) is 0 Å². The molecule has 0 bridgehead atoms. The van der Waals surface area contributed by atoms with Crippen LogP contribution in [0.15, 0.2) is 12.2 Å². The van der Waals surface area contributed by atoms with E-state index in [0.717, 1.165) is 12.8 Å². The van der Waals surface area contributed by atoms with E-state index in [9.17, 15) is 15.3 Å². The van der Waals surface area contributed by atoms with Crippen LogP contribution < -0.4 is 0 Å². The summed E-state index contributed by atoms with van der Waals surface area (Å²) >= 11 is 0. The summed E-state index contributed by atoms with van der Waals surface area (Å²) in [6, 6.07) is 0. The zero-order chi connectivity index (χ0) is 26.6. The maximum absolute atomic E-state index is 10.2. The molecule has 4 nitrogen and oxygen atoms in total. The summed E-state index contributed by atoms with van der Waals surface area (Å²) < 4.78 is 5.70. The second kappa shape index (κ2) is 21.5. The van der Waals surface area contributed by atoms with Gasteiger partial charge >= 0.3 is 0 Å². The lowest BCUT2D eigenvalue weighted by atomic mass is 9.86. The Hall–Kier alpha value is -0.420. The van der Waals surface area contributed by atoms with Gasteiger partial charge in [-0.2, -0.15) is 0 Å². The zero-order valence-electron chi connectivity index (χ0n) is 24.3. The van der Waals surface area contributed by atoms with Gasteiger partial charge in [0, 0.05) is 0 Å². The molecule has 0 amide bonds. The van der Waals surface area contributed by atoms with Crippen LogP contribution >= 0.6 is 0 Å². The predicted octanol–water partition coefficient (Wildman–Crippen LogP) is 8.12. The molecule has 36 heavy (non-hydrogen) atoms. The van der Waals surface area contributed by atoms with Crippen molar-refractivity contribution < 1.29 is 20.1 Å². The first kappa shape index (κ1) is 33.6. The number of rotatable bonds is 24. The molecule has 3 N–H and O–H groups in total. The molecule has 0 spiro atoms. The maximum atomic E-state index is 10.2. The Morgan fingerprint density at radius 2 is 1.17 bits per heavy atom. The van der Waals surface area contributed by atoms with Crippen molar-refractivity contribution in [3.05, 3.63) is 12.2 Å². The quantitative estimate of drug-likeness (QED) is 0.0905. The average Bonchev–Trinajstić information content (AvgIpc) is 3.17. The van der Waals surface area contributed by atoms with Gasteiger partial charge in [-0.3, -0.25) is 0 Å². The zero-order valence-corrected chi connectivity index (χ0v) is 24.3. The van der Waals surface area contributed by atoms with Crippen LogP contribution in [0, 0.1) is 11.8 Å². The van der Waals surface area contributed by atoms with Gasteiger partial charge in [0.1, 0.15) is 18.3 Å². The van der Waals surface area contributed by atoms with Crippen molar-refractivity contribution >= 4 is 0 Å². The van der Waals surface area contributed by atoms with E-state index in [1.165, 1.54) is 121 Å². The molecule has 214 valence electrons. The van der Waals surface area contributed by atoms with E-state index in [-0.39, 0.29) is 18.6 Å². The number of aliphatic hydroxyl groups is 3. The van der Waals surface area contributed by atoms with Crippen LogP contribution in [0.4, 0.5) is 0 Å². The second-order valence-corrected chi connectivity index (χ2v) is 11.7. The summed E-state index contributed by atoms with van der Waals surface area (Å²) in [5.41, 5.74) is 1.51. The lowest BCUT2D eigenvalue weighted by Crippen LogP contribution is -2.35. The van der Waals surface area contributed by atoms with Crippen LogP contribution in [-0.4, -0.2) is 46.3 Å². The topological polar surface area (TPSA) is 69.9 Å². The van der Waals surface area contributed by atoms with Crippen LogP contribution in [0.2, 0.25) is 0 Å². The standard InChI is InChI=1S/C32H62O4/c1-5-7-9-11-13-17-21-26(3)28(23-19-14-12-10-8-6-2)24-20-16-15-18-22-27(4)32-31(35)30(34)29(25-33)36-32/h27-35H,3,5-25H2,1-2,4H3/t27?,28?,29-,30-,31+,32+/m1/s1. The molecule has 0 aromatic carbocycles. The van der Waals surface area contributed by atoms with E-state index in [4.69, 9.17) is 4.74 Å². The SMILES string of the molecule is C=C(CCCCCCCC)C(CCCCCCCC)CCCCCCC(C)[C@@H]1O[C@H](CO)[C@@H](O)[C@@H]1O. The number of ether oxygens (including phenoxy) is 1. The minimum atomic E-state index is -0.976. The summed E-state index contributed by atoms with van der Waals surface area (Å²) in [5, 5.41) is 29.5. The van der Waals surface area contributed by atoms with E-state index in [1.54, 1.807) is 0 Å². The fraction of sp³-hybridized carbons (Fsp3) is 0.938. The summed E-state index contributed by atoms with van der Waals surface area (Å²) in [4.78, 5) is 0. The molecule has 2 unspecified atom stereocenters. The van der Waals surface area contributed by atoms with Crippen molar-refractivity contribution in [2.24, 2.45) is 11.8 Å². The molecule has 1 rings (SSSR count). The van der Waals surface area contributed by atoms with Crippen molar-refractivity contribution in [3.63, 3.8) is 0 Å². The third-order valence-corrected chi connectivity index (χ3v) is 8.44. The molecule has 0 aromatic rings. The van der Waals surface area contributed by atoms with Crippen molar-refractivity contribution in [2.75, 3.05) is 6.61 Å². The molecule has 1 aliphatic rings. The Morgan fingerprint density at radius 3 is 1.67 bits per heavy atom. The maximum Gasteiger partial charge on any atom is 0.111 e. The fourth-order valence-electron chi connectivity index (χ4n) is 5.83. The van der Waals surface area contributed by atoms with Crippen molar-refractivity contribution in [2.45, 2.75) is 174 Å². The lowest BCUT2D eigenvalue weighted by Gasteiger charge is -2.22. The highest BCUT2D eigenvalue weighted by Crippen LogP contribution is 2.31. The number of hydrogen-bond donors (Lipinski definition) is 3. The van der Waals surface area contributed by atoms with Gasteiger partial charge in [-0.1, -0.05) is 129 Å². The summed E-state index contributed by atoms with van der Waals surface area (Å²) in [6.45, 7) is 11.0. The molecule has 1 aliphatic heterocycles. The van der Waals surface area contributed by atoms with Crippen LogP contribution in [0.5, 0.6) is 0 Å². The highest BCUT2D eigenvalue weighted by Gasteiger charge is 2.44. The Morgan fingerprint density at radius 1 is 0.694 bits per heavy atom. The molecule has 0 radical (unpaired) electrons. The third-order valence-electron chi connectivity index (χ3n) is 8.44. The molecule has 6 atom stereocenters. The molecule has 0 aromatic heterocycles.